The lowest BCUT2D eigenvalue weighted by Crippen LogP contribution is -2.37. The number of carboxylic acid groups (broad SMARTS) is 1. The molecule has 5 heteroatoms. The number of likely N-dealkylation sites (tertiary alicyclic amines) is 1. The van der Waals surface area contributed by atoms with Gasteiger partial charge in [0, 0.05) is 6.54 Å². The predicted molar refractivity (Wildman–Crippen MR) is 138 cm³/mol. The number of benzene rings is 4. The quantitative estimate of drug-likeness (QED) is 0.307. The Morgan fingerprint density at radius 3 is 1.81 bits per heavy atom. The van der Waals surface area contributed by atoms with Crippen LogP contribution >= 0.6 is 0 Å². The highest BCUT2D eigenvalue weighted by molar-refractivity contribution is 5.66. The van der Waals surface area contributed by atoms with Crippen molar-refractivity contribution in [1.29, 1.82) is 0 Å². The van der Waals surface area contributed by atoms with Crippen LogP contribution in [0, 0.1) is 5.82 Å². The van der Waals surface area contributed by atoms with Gasteiger partial charge >= 0.3 is 6.09 Å². The van der Waals surface area contributed by atoms with E-state index in [9.17, 15) is 14.3 Å². The Kier molecular flexibility index (Phi) is 8.13. The molecule has 4 nitrogen and oxygen atoms in total. The van der Waals surface area contributed by atoms with Crippen molar-refractivity contribution in [3.05, 3.63) is 143 Å². The highest BCUT2D eigenvalue weighted by Gasteiger charge is 2.36. The fourth-order valence-electron chi connectivity index (χ4n) is 4.74. The predicted octanol–water partition coefficient (Wildman–Crippen LogP) is 7.44. The van der Waals surface area contributed by atoms with Crippen LogP contribution in [-0.4, -0.2) is 22.6 Å². The average Bonchev–Trinajstić information content (AvgIpc) is 2.94. The maximum absolute atomic E-state index is 13.7. The number of hydrogen-bond donors (Lipinski definition) is 1. The molecule has 0 saturated carbocycles. The summed E-state index contributed by atoms with van der Waals surface area (Å²) < 4.78 is 13.6. The largest absolute Gasteiger partial charge is 0.465 e. The minimum Gasteiger partial charge on any atom is -0.465 e. The molecule has 1 radical (unpaired) electrons. The van der Waals surface area contributed by atoms with Gasteiger partial charge in [-0.15, -0.1) is 0 Å². The maximum Gasteiger partial charge on any atom is 0.407 e. The van der Waals surface area contributed by atoms with Gasteiger partial charge in [-0.3, -0.25) is 0 Å². The van der Waals surface area contributed by atoms with E-state index in [4.69, 9.17) is 5.11 Å². The van der Waals surface area contributed by atoms with Crippen molar-refractivity contribution in [3.8, 4) is 0 Å². The number of piperidine rings is 1. The topological polar surface area (TPSA) is 60.4 Å². The molecule has 1 fully saturated rings. The summed E-state index contributed by atoms with van der Waals surface area (Å²) in [5, 5.41) is 22.8. The average molecular weight is 483 g/mol. The lowest BCUT2D eigenvalue weighted by molar-refractivity contribution is 0.0408. The molecular weight excluding hydrogens is 453 g/mol. The van der Waals surface area contributed by atoms with Gasteiger partial charge in [0.1, 0.15) is 5.82 Å². The third-order valence-corrected chi connectivity index (χ3v) is 6.52. The summed E-state index contributed by atoms with van der Waals surface area (Å²) >= 11 is 0. The van der Waals surface area contributed by atoms with Crippen LogP contribution in [0.4, 0.5) is 9.18 Å². The van der Waals surface area contributed by atoms with E-state index in [0.717, 1.165) is 24.8 Å². The lowest BCUT2D eigenvalue weighted by atomic mass is 9.80. The van der Waals surface area contributed by atoms with E-state index in [1.165, 1.54) is 12.1 Å². The molecule has 1 heterocycles. The fourth-order valence-corrected chi connectivity index (χ4v) is 4.74. The maximum atomic E-state index is 13.7. The molecule has 0 bridgehead atoms. The van der Waals surface area contributed by atoms with Crippen LogP contribution in [0.3, 0.4) is 0 Å². The number of hydrogen-bond acceptors (Lipinski definition) is 1. The molecule has 1 amide bonds. The van der Waals surface area contributed by atoms with Crippen molar-refractivity contribution in [3.63, 3.8) is 0 Å². The first-order valence-electron chi connectivity index (χ1n) is 12.1. The summed E-state index contributed by atoms with van der Waals surface area (Å²) in [4.78, 5) is 12.6. The van der Waals surface area contributed by atoms with Crippen LogP contribution in [0.5, 0.6) is 0 Å². The summed E-state index contributed by atoms with van der Waals surface area (Å²) in [7, 11) is 0. The van der Waals surface area contributed by atoms with Gasteiger partial charge < -0.3 is 10.0 Å². The first-order valence-corrected chi connectivity index (χ1v) is 12.1. The Labute approximate surface area is 211 Å². The van der Waals surface area contributed by atoms with Crippen molar-refractivity contribution in [2.75, 3.05) is 6.54 Å². The van der Waals surface area contributed by atoms with E-state index in [1.54, 1.807) is 41.3 Å². The van der Waals surface area contributed by atoms with Gasteiger partial charge in [-0.25, -0.2) is 14.3 Å². The van der Waals surface area contributed by atoms with Gasteiger partial charge in [0.2, 0.25) is 0 Å². The molecule has 1 atom stereocenters. The van der Waals surface area contributed by atoms with E-state index in [0.29, 0.717) is 23.2 Å². The smallest absolute Gasteiger partial charge is 0.407 e. The van der Waals surface area contributed by atoms with E-state index < -0.39 is 17.5 Å². The molecule has 36 heavy (non-hydrogen) atoms. The minimum absolute atomic E-state index is 0.0532. The zero-order valence-corrected chi connectivity index (χ0v) is 20.0. The third kappa shape index (κ3) is 5.64. The zero-order chi connectivity index (χ0) is 25.4. The summed E-state index contributed by atoms with van der Waals surface area (Å²) in [6.07, 6.45) is 2.23. The Balaban J connectivity index is 0.000000179. The highest BCUT2D eigenvalue weighted by Crippen LogP contribution is 2.37. The monoisotopic (exact) mass is 482 g/mol. The van der Waals surface area contributed by atoms with E-state index in [1.807, 2.05) is 66.7 Å². The van der Waals surface area contributed by atoms with Crippen LogP contribution < -0.4 is 0 Å². The molecule has 0 spiro atoms. The van der Waals surface area contributed by atoms with Crippen molar-refractivity contribution in [2.45, 2.75) is 30.9 Å². The molecule has 4 aromatic rings. The molecule has 1 aliphatic rings. The summed E-state index contributed by atoms with van der Waals surface area (Å²) in [5.41, 5.74) is 1.09. The van der Waals surface area contributed by atoms with E-state index >= 15 is 0 Å². The normalized spacial score (nSPS) is 15.5. The molecule has 1 N–H and O–H groups in total. The summed E-state index contributed by atoms with van der Waals surface area (Å²) in [6, 6.07) is 34.0. The molecule has 1 unspecified atom stereocenters. The van der Waals surface area contributed by atoms with Crippen LogP contribution in [0.15, 0.2) is 115 Å². The molecule has 1 aliphatic heterocycles. The van der Waals surface area contributed by atoms with Gasteiger partial charge in [-0.2, -0.15) is 0 Å². The van der Waals surface area contributed by atoms with Crippen LogP contribution in [-0.2, 0) is 10.7 Å². The summed E-state index contributed by atoms with van der Waals surface area (Å²) in [5.74, 6) is -0.403. The number of carbonyl (C=O) groups is 1. The van der Waals surface area contributed by atoms with E-state index in [-0.39, 0.29) is 6.04 Å². The second-order valence-corrected chi connectivity index (χ2v) is 8.82. The second kappa shape index (κ2) is 11.6. The second-order valence-electron chi connectivity index (χ2n) is 8.82. The molecule has 0 aromatic heterocycles. The van der Waals surface area contributed by atoms with Gasteiger partial charge in [0.05, 0.1) is 6.04 Å². The van der Waals surface area contributed by atoms with Gasteiger partial charge in [0.15, 0.2) is 5.60 Å². The standard InChI is InChI=1S/C19H14FO.C12H15NO2/c20-18-13-7-12-17(14-18)19(21,15-8-3-1-4-9-15)16-10-5-2-6-11-16;14-12(15)13-9-5-4-8-11(13)10-6-2-1-3-7-10/h1-14H;1-3,6-7,11H,4-5,8-9H2,(H,14,15). The lowest BCUT2D eigenvalue weighted by Gasteiger charge is -2.33. The molecule has 0 aliphatic carbocycles. The number of amides is 1. The fraction of sp³-hybridized carbons (Fsp3) is 0.194. The van der Waals surface area contributed by atoms with Crippen molar-refractivity contribution in [2.24, 2.45) is 0 Å². The summed E-state index contributed by atoms with van der Waals surface area (Å²) in [6.45, 7) is 0.662. The van der Waals surface area contributed by atoms with Crippen molar-refractivity contribution in [1.82, 2.24) is 4.90 Å². The van der Waals surface area contributed by atoms with Crippen molar-refractivity contribution >= 4 is 6.09 Å². The minimum atomic E-state index is -1.62. The first kappa shape index (κ1) is 25.1. The van der Waals surface area contributed by atoms with Crippen molar-refractivity contribution < 1.29 is 19.4 Å². The van der Waals surface area contributed by atoms with Crippen LogP contribution in [0.1, 0.15) is 47.6 Å². The number of halogens is 1. The van der Waals surface area contributed by atoms with Crippen LogP contribution in [0.2, 0.25) is 0 Å². The first-order chi connectivity index (χ1) is 17.5. The molecule has 5 rings (SSSR count). The highest BCUT2D eigenvalue weighted by atomic mass is 19.1. The molecule has 4 aromatic carbocycles. The van der Waals surface area contributed by atoms with Gasteiger partial charge in [0.25, 0.3) is 0 Å². The Morgan fingerprint density at radius 1 is 0.750 bits per heavy atom. The Hall–Kier alpha value is -3.96. The number of nitrogens with zero attached hydrogens (tertiary/aromatic N) is 1. The molecular formula is C31H29FNO3. The number of rotatable bonds is 4. The van der Waals surface area contributed by atoms with Crippen LogP contribution in [0.25, 0.3) is 0 Å². The Bertz CT molecular complexity index is 1210. The Morgan fingerprint density at radius 2 is 1.28 bits per heavy atom. The molecule has 183 valence electrons. The third-order valence-electron chi connectivity index (χ3n) is 6.52. The van der Waals surface area contributed by atoms with Gasteiger partial charge in [-0.05, 0) is 53.6 Å². The van der Waals surface area contributed by atoms with E-state index in [2.05, 4.69) is 0 Å². The SMILES string of the molecule is O=C(O)N1CCCCC1c1ccccc1.[O]C(c1ccccc1)(c1ccccc1)c1cccc(F)c1. The zero-order valence-electron chi connectivity index (χ0n) is 20.0. The molecule has 1 saturated heterocycles. The van der Waals surface area contributed by atoms with Gasteiger partial charge in [-0.1, -0.05) is 103 Å².